The topological polar surface area (TPSA) is 73.6 Å². The summed E-state index contributed by atoms with van der Waals surface area (Å²) in [4.78, 5) is 8.81. The van der Waals surface area contributed by atoms with Crippen molar-refractivity contribution >= 4 is 23.3 Å². The number of thioether (sulfide) groups is 1. The Morgan fingerprint density at radius 3 is 2.96 bits per heavy atom. The maximum atomic E-state index is 9.49. The van der Waals surface area contributed by atoms with Crippen molar-refractivity contribution in [2.24, 2.45) is 5.92 Å². The van der Waals surface area contributed by atoms with E-state index in [4.69, 9.17) is 0 Å². The summed E-state index contributed by atoms with van der Waals surface area (Å²) < 4.78 is 0. The van der Waals surface area contributed by atoms with Gasteiger partial charge in [-0.3, -0.25) is 0 Å². The van der Waals surface area contributed by atoms with Crippen molar-refractivity contribution in [3.05, 3.63) is 34.1 Å². The minimum absolute atomic E-state index is 0.561. The van der Waals surface area contributed by atoms with Crippen LogP contribution in [0.5, 0.6) is 0 Å². The van der Waals surface area contributed by atoms with Crippen LogP contribution in [-0.4, -0.2) is 16.5 Å². The minimum Gasteiger partial charge on any atom is -0.354 e. The zero-order valence-corrected chi connectivity index (χ0v) is 14.1. The Morgan fingerprint density at radius 2 is 2.26 bits per heavy atom. The van der Waals surface area contributed by atoms with Crippen LogP contribution < -0.4 is 10.6 Å². The highest BCUT2D eigenvalue weighted by Gasteiger charge is 2.17. The molecule has 0 aromatic carbocycles. The molecule has 0 spiro atoms. The first kappa shape index (κ1) is 15.9. The van der Waals surface area contributed by atoms with E-state index in [-0.39, 0.29) is 0 Å². The van der Waals surface area contributed by atoms with Gasteiger partial charge in [0.15, 0.2) is 0 Å². The summed E-state index contributed by atoms with van der Waals surface area (Å²) in [5.41, 5.74) is 2.26. The number of nitriles is 1. The van der Waals surface area contributed by atoms with Crippen LogP contribution >= 0.6 is 11.8 Å². The van der Waals surface area contributed by atoms with Gasteiger partial charge in [0.1, 0.15) is 11.6 Å². The molecule has 3 rings (SSSR count). The van der Waals surface area contributed by atoms with Crippen molar-refractivity contribution in [3.8, 4) is 6.07 Å². The van der Waals surface area contributed by atoms with Gasteiger partial charge in [-0.25, -0.2) is 9.97 Å². The molecule has 1 aromatic heterocycles. The standard InChI is InChI=1S/C17H21N5S/c1-12-11-23-16(21-12)14(9-18)15-7-8-19-17(22-15)20-10-13-5-3-2-4-6-13/h7-8,11,13,21H,2-6,10H2,1H3,(H,19,20,22). The molecular formula is C17H21N5S. The first-order chi connectivity index (χ1) is 11.3. The number of hydrogen-bond acceptors (Lipinski definition) is 6. The zero-order chi connectivity index (χ0) is 16.1. The van der Waals surface area contributed by atoms with Gasteiger partial charge in [0, 0.05) is 18.4 Å². The van der Waals surface area contributed by atoms with Crippen LogP contribution in [0, 0.1) is 17.2 Å². The average molecular weight is 327 g/mol. The first-order valence-corrected chi connectivity index (χ1v) is 8.96. The third kappa shape index (κ3) is 4.05. The molecule has 0 saturated heterocycles. The molecule has 0 unspecified atom stereocenters. The van der Waals surface area contributed by atoms with Gasteiger partial charge in [-0.1, -0.05) is 31.0 Å². The summed E-state index contributed by atoms with van der Waals surface area (Å²) in [7, 11) is 0. The van der Waals surface area contributed by atoms with Crippen molar-refractivity contribution in [3.63, 3.8) is 0 Å². The van der Waals surface area contributed by atoms with E-state index in [1.807, 2.05) is 12.3 Å². The lowest BCUT2D eigenvalue weighted by atomic mass is 9.89. The number of aromatic nitrogens is 2. The summed E-state index contributed by atoms with van der Waals surface area (Å²) in [5, 5.41) is 18.9. The van der Waals surface area contributed by atoms with Gasteiger partial charge >= 0.3 is 0 Å². The maximum absolute atomic E-state index is 9.49. The van der Waals surface area contributed by atoms with Gasteiger partial charge in [-0.2, -0.15) is 5.26 Å². The fraction of sp³-hybridized carbons (Fsp3) is 0.471. The molecule has 0 atom stereocenters. The van der Waals surface area contributed by atoms with E-state index in [1.165, 1.54) is 43.9 Å². The number of anilines is 1. The van der Waals surface area contributed by atoms with Crippen LogP contribution in [0.2, 0.25) is 0 Å². The normalized spacial score (nSPS) is 20.4. The Kier molecular flexibility index (Phi) is 5.19. The molecule has 1 fully saturated rings. The van der Waals surface area contributed by atoms with E-state index in [2.05, 4.69) is 26.7 Å². The van der Waals surface area contributed by atoms with Crippen LogP contribution in [-0.2, 0) is 0 Å². The van der Waals surface area contributed by atoms with Gasteiger partial charge in [0.25, 0.3) is 0 Å². The number of nitrogens with one attached hydrogen (secondary N) is 2. The molecule has 1 aliphatic heterocycles. The Labute approximate surface area is 141 Å². The van der Waals surface area contributed by atoms with Gasteiger partial charge in [-0.15, -0.1) is 0 Å². The van der Waals surface area contributed by atoms with E-state index in [1.54, 1.807) is 12.3 Å². The Morgan fingerprint density at radius 1 is 1.43 bits per heavy atom. The molecule has 2 N–H and O–H groups in total. The fourth-order valence-corrected chi connectivity index (χ4v) is 3.78. The highest BCUT2D eigenvalue weighted by atomic mass is 32.2. The predicted octanol–water partition coefficient (Wildman–Crippen LogP) is 3.86. The van der Waals surface area contributed by atoms with Crippen molar-refractivity contribution in [2.45, 2.75) is 39.0 Å². The van der Waals surface area contributed by atoms with E-state index in [0.29, 0.717) is 23.1 Å². The van der Waals surface area contributed by atoms with E-state index in [0.717, 1.165) is 17.3 Å². The van der Waals surface area contributed by atoms with Crippen LogP contribution in [0.15, 0.2) is 28.4 Å². The molecule has 1 aliphatic carbocycles. The van der Waals surface area contributed by atoms with Crippen molar-refractivity contribution < 1.29 is 0 Å². The molecule has 23 heavy (non-hydrogen) atoms. The highest BCUT2D eigenvalue weighted by Crippen LogP contribution is 2.30. The molecular weight excluding hydrogens is 306 g/mol. The zero-order valence-electron chi connectivity index (χ0n) is 13.3. The lowest BCUT2D eigenvalue weighted by Gasteiger charge is -2.21. The number of rotatable bonds is 4. The molecule has 1 aromatic rings. The average Bonchev–Trinajstić information content (AvgIpc) is 3.01. The van der Waals surface area contributed by atoms with Gasteiger partial charge in [0.2, 0.25) is 5.95 Å². The summed E-state index contributed by atoms with van der Waals surface area (Å²) in [6.45, 7) is 2.89. The van der Waals surface area contributed by atoms with Gasteiger partial charge < -0.3 is 10.6 Å². The van der Waals surface area contributed by atoms with Crippen molar-refractivity contribution in [2.75, 3.05) is 11.9 Å². The van der Waals surface area contributed by atoms with Crippen molar-refractivity contribution in [1.29, 1.82) is 5.26 Å². The van der Waals surface area contributed by atoms with E-state index in [9.17, 15) is 5.26 Å². The third-order valence-corrected chi connectivity index (χ3v) is 5.20. The SMILES string of the molecule is CC1=CSC(=C(C#N)c2ccnc(NCC3CCCCC3)n2)N1. The lowest BCUT2D eigenvalue weighted by Crippen LogP contribution is -2.18. The first-order valence-electron chi connectivity index (χ1n) is 8.08. The second kappa shape index (κ2) is 7.51. The maximum Gasteiger partial charge on any atom is 0.223 e. The number of hydrogen-bond donors (Lipinski definition) is 2. The lowest BCUT2D eigenvalue weighted by molar-refractivity contribution is 0.373. The molecule has 1 saturated carbocycles. The summed E-state index contributed by atoms with van der Waals surface area (Å²) in [6.07, 6.45) is 8.29. The Hall–Kier alpha value is -2.00. The predicted molar refractivity (Wildman–Crippen MR) is 94.1 cm³/mol. The largest absolute Gasteiger partial charge is 0.354 e. The molecule has 120 valence electrons. The Bertz CT molecular complexity index is 668. The Balaban J connectivity index is 1.70. The van der Waals surface area contributed by atoms with Crippen LogP contribution in [0.3, 0.4) is 0 Å². The van der Waals surface area contributed by atoms with Gasteiger partial charge in [-0.05, 0) is 37.2 Å². The molecule has 0 bridgehead atoms. The quantitative estimate of drug-likeness (QED) is 0.818. The summed E-state index contributed by atoms with van der Waals surface area (Å²) >= 11 is 1.52. The molecule has 0 radical (unpaired) electrons. The molecule has 5 nitrogen and oxygen atoms in total. The number of allylic oxidation sites excluding steroid dienone is 2. The molecule has 2 heterocycles. The molecule has 2 aliphatic rings. The smallest absolute Gasteiger partial charge is 0.223 e. The second-order valence-electron chi connectivity index (χ2n) is 6.01. The van der Waals surface area contributed by atoms with E-state index < -0.39 is 0 Å². The van der Waals surface area contributed by atoms with Gasteiger partial charge in [0.05, 0.1) is 10.7 Å². The molecule has 0 amide bonds. The summed E-state index contributed by atoms with van der Waals surface area (Å²) in [6, 6.07) is 4.04. The fourth-order valence-electron chi connectivity index (χ4n) is 2.94. The van der Waals surface area contributed by atoms with Crippen LogP contribution in [0.25, 0.3) is 5.57 Å². The third-order valence-electron chi connectivity index (χ3n) is 4.19. The van der Waals surface area contributed by atoms with Crippen LogP contribution in [0.4, 0.5) is 5.95 Å². The van der Waals surface area contributed by atoms with E-state index >= 15 is 0 Å². The minimum atomic E-state index is 0.561. The highest BCUT2D eigenvalue weighted by molar-refractivity contribution is 8.06. The monoisotopic (exact) mass is 327 g/mol. The van der Waals surface area contributed by atoms with Crippen LogP contribution in [0.1, 0.15) is 44.7 Å². The number of nitrogens with zero attached hydrogens (tertiary/aromatic N) is 3. The second-order valence-corrected chi connectivity index (χ2v) is 6.89. The van der Waals surface area contributed by atoms with Crippen molar-refractivity contribution in [1.82, 2.24) is 15.3 Å². The molecule has 6 heteroatoms. The summed E-state index contributed by atoms with van der Waals surface area (Å²) in [5.74, 6) is 1.32.